The van der Waals surface area contributed by atoms with Gasteiger partial charge in [0.05, 0.1) is 11.8 Å². The minimum absolute atomic E-state index is 0.414. The van der Waals surface area contributed by atoms with Crippen LogP contribution in [0.2, 0.25) is 5.02 Å². The Balaban J connectivity index is 1.62. The number of oxime groups is 1. The molecule has 3 aromatic carbocycles. The van der Waals surface area contributed by atoms with Crippen molar-refractivity contribution in [3.63, 3.8) is 0 Å². The molecule has 4 rings (SSSR count). The fraction of sp³-hybridized carbons (Fsp3) is 0.120. The lowest BCUT2D eigenvalue weighted by atomic mass is 10.1. The number of rotatable bonds is 7. The topological polar surface area (TPSA) is 39.4 Å². The molecule has 156 valence electrons. The molecule has 0 saturated carbocycles. The Morgan fingerprint density at radius 1 is 1.00 bits per heavy atom. The van der Waals surface area contributed by atoms with Gasteiger partial charge in [0.1, 0.15) is 17.3 Å². The van der Waals surface area contributed by atoms with Gasteiger partial charge in [-0.15, -0.1) is 0 Å². The van der Waals surface area contributed by atoms with Crippen molar-refractivity contribution in [2.24, 2.45) is 12.2 Å². The summed E-state index contributed by atoms with van der Waals surface area (Å²) in [7, 11) is 1.94. The molecule has 0 fully saturated rings. The molecule has 0 saturated heterocycles. The number of nitrogens with zero attached hydrogens (tertiary/aromatic N) is 3. The highest BCUT2D eigenvalue weighted by molar-refractivity contribution is 7.99. The molecule has 0 amide bonds. The SMILES string of the molecule is Cc1ccc(CO/N=C/c2c(-c3ccccc3)nn(C)c2Sc2ccc(Cl)cc2)cc1. The van der Waals surface area contributed by atoms with E-state index in [1.54, 1.807) is 18.0 Å². The van der Waals surface area contributed by atoms with Gasteiger partial charge in [-0.3, -0.25) is 4.68 Å². The molecule has 0 unspecified atom stereocenters. The van der Waals surface area contributed by atoms with Crippen molar-refractivity contribution < 1.29 is 4.84 Å². The fourth-order valence-corrected chi connectivity index (χ4v) is 4.13. The number of aryl methyl sites for hydroxylation is 2. The minimum atomic E-state index is 0.414. The van der Waals surface area contributed by atoms with Crippen molar-refractivity contribution >= 4 is 29.6 Å². The van der Waals surface area contributed by atoms with Crippen molar-refractivity contribution in [3.8, 4) is 11.3 Å². The van der Waals surface area contributed by atoms with E-state index in [1.807, 2.05) is 78.5 Å². The highest BCUT2D eigenvalue weighted by Crippen LogP contribution is 2.35. The van der Waals surface area contributed by atoms with Crippen LogP contribution in [-0.2, 0) is 18.5 Å². The van der Waals surface area contributed by atoms with Gasteiger partial charge < -0.3 is 4.84 Å². The van der Waals surface area contributed by atoms with Gasteiger partial charge >= 0.3 is 0 Å². The molecule has 6 heteroatoms. The highest BCUT2D eigenvalue weighted by Gasteiger charge is 2.17. The van der Waals surface area contributed by atoms with Crippen LogP contribution in [0.1, 0.15) is 16.7 Å². The first kappa shape index (κ1) is 21.2. The molecule has 31 heavy (non-hydrogen) atoms. The van der Waals surface area contributed by atoms with Gasteiger partial charge in [-0.25, -0.2) is 0 Å². The van der Waals surface area contributed by atoms with E-state index < -0.39 is 0 Å². The van der Waals surface area contributed by atoms with Crippen molar-refractivity contribution in [3.05, 3.63) is 101 Å². The van der Waals surface area contributed by atoms with Crippen molar-refractivity contribution in [2.45, 2.75) is 23.5 Å². The molecule has 0 aliphatic heterocycles. The summed E-state index contributed by atoms with van der Waals surface area (Å²) < 4.78 is 1.88. The summed E-state index contributed by atoms with van der Waals surface area (Å²) in [5, 5.41) is 10.7. The zero-order valence-electron chi connectivity index (χ0n) is 17.3. The monoisotopic (exact) mass is 447 g/mol. The number of hydrogen-bond donors (Lipinski definition) is 0. The summed E-state index contributed by atoms with van der Waals surface area (Å²) >= 11 is 7.66. The second kappa shape index (κ2) is 9.86. The van der Waals surface area contributed by atoms with Gasteiger partial charge in [-0.05, 0) is 36.8 Å². The summed E-state index contributed by atoms with van der Waals surface area (Å²) in [5.74, 6) is 0. The number of hydrogen-bond acceptors (Lipinski definition) is 4. The Bertz CT molecular complexity index is 1170. The maximum absolute atomic E-state index is 6.04. The highest BCUT2D eigenvalue weighted by atomic mass is 35.5. The Kier molecular flexibility index (Phi) is 6.75. The zero-order chi connectivity index (χ0) is 21.6. The molecule has 0 atom stereocenters. The number of halogens is 1. The average Bonchev–Trinajstić information content (AvgIpc) is 3.10. The van der Waals surface area contributed by atoms with Gasteiger partial charge in [0.15, 0.2) is 0 Å². The van der Waals surface area contributed by atoms with E-state index in [-0.39, 0.29) is 0 Å². The van der Waals surface area contributed by atoms with Crippen LogP contribution in [0.4, 0.5) is 0 Å². The van der Waals surface area contributed by atoms with Gasteiger partial charge in [0.25, 0.3) is 0 Å². The molecular formula is C25H22ClN3OS. The van der Waals surface area contributed by atoms with Gasteiger partial charge in [0.2, 0.25) is 0 Å². The fourth-order valence-electron chi connectivity index (χ4n) is 3.07. The first-order valence-corrected chi connectivity index (χ1v) is 11.1. The van der Waals surface area contributed by atoms with E-state index >= 15 is 0 Å². The van der Waals surface area contributed by atoms with Crippen molar-refractivity contribution in [1.29, 1.82) is 0 Å². The third-order valence-electron chi connectivity index (χ3n) is 4.71. The van der Waals surface area contributed by atoms with Gasteiger partial charge in [-0.1, -0.05) is 88.7 Å². The summed E-state index contributed by atoms with van der Waals surface area (Å²) in [6.45, 7) is 2.48. The second-order valence-electron chi connectivity index (χ2n) is 7.11. The standard InChI is InChI=1S/C25H22ClN3OS/c1-18-8-10-19(11-9-18)17-30-27-16-23-24(20-6-4-3-5-7-20)28-29(2)25(23)31-22-14-12-21(26)13-15-22/h3-16H,17H2,1-2H3/b27-16+. The van der Waals surface area contributed by atoms with Gasteiger partial charge in [-0.2, -0.15) is 5.10 Å². The van der Waals surface area contributed by atoms with Crippen LogP contribution >= 0.6 is 23.4 Å². The molecule has 0 aliphatic carbocycles. The molecule has 1 aromatic heterocycles. The van der Waals surface area contributed by atoms with Crippen molar-refractivity contribution in [1.82, 2.24) is 9.78 Å². The maximum atomic E-state index is 6.04. The zero-order valence-corrected chi connectivity index (χ0v) is 18.9. The van der Waals surface area contributed by atoms with E-state index in [0.717, 1.165) is 32.3 Å². The Labute approximate surface area is 191 Å². The van der Waals surface area contributed by atoms with Crippen LogP contribution in [0.15, 0.2) is 93.9 Å². The minimum Gasteiger partial charge on any atom is -0.391 e. The third kappa shape index (κ3) is 5.37. The van der Waals surface area contributed by atoms with Crippen LogP contribution in [0.3, 0.4) is 0 Å². The molecule has 4 aromatic rings. The van der Waals surface area contributed by atoms with E-state index in [9.17, 15) is 0 Å². The lowest BCUT2D eigenvalue weighted by Gasteiger charge is -2.05. The van der Waals surface area contributed by atoms with E-state index in [4.69, 9.17) is 21.5 Å². The molecule has 0 spiro atoms. The Hall–Kier alpha value is -3.02. The normalized spacial score (nSPS) is 11.2. The predicted octanol–water partition coefficient (Wildman–Crippen LogP) is 6.75. The summed E-state index contributed by atoms with van der Waals surface area (Å²) in [6, 6.07) is 26.1. The van der Waals surface area contributed by atoms with Crippen molar-refractivity contribution in [2.75, 3.05) is 0 Å². The predicted molar refractivity (Wildman–Crippen MR) is 128 cm³/mol. The first-order valence-electron chi connectivity index (χ1n) is 9.87. The van der Waals surface area contributed by atoms with E-state index in [0.29, 0.717) is 11.6 Å². The van der Waals surface area contributed by atoms with Crippen LogP contribution in [-0.4, -0.2) is 16.0 Å². The molecule has 0 aliphatic rings. The van der Waals surface area contributed by atoms with Crippen LogP contribution in [0, 0.1) is 6.92 Å². The summed E-state index contributed by atoms with van der Waals surface area (Å²) in [6.07, 6.45) is 1.75. The van der Waals surface area contributed by atoms with Gasteiger partial charge in [0, 0.05) is 22.5 Å². The Morgan fingerprint density at radius 3 is 2.42 bits per heavy atom. The lowest BCUT2D eigenvalue weighted by Crippen LogP contribution is -1.94. The largest absolute Gasteiger partial charge is 0.391 e. The van der Waals surface area contributed by atoms with E-state index in [2.05, 4.69) is 24.2 Å². The smallest absolute Gasteiger partial charge is 0.142 e. The van der Waals surface area contributed by atoms with Crippen LogP contribution in [0.25, 0.3) is 11.3 Å². The van der Waals surface area contributed by atoms with Crippen LogP contribution < -0.4 is 0 Å². The second-order valence-corrected chi connectivity index (χ2v) is 8.61. The number of aromatic nitrogens is 2. The Morgan fingerprint density at radius 2 is 1.71 bits per heavy atom. The summed E-state index contributed by atoms with van der Waals surface area (Å²) in [5.41, 5.74) is 5.10. The number of benzene rings is 3. The molecule has 1 heterocycles. The molecule has 0 bridgehead atoms. The lowest BCUT2D eigenvalue weighted by molar-refractivity contribution is 0.132. The average molecular weight is 448 g/mol. The summed E-state index contributed by atoms with van der Waals surface area (Å²) in [4.78, 5) is 6.66. The van der Waals surface area contributed by atoms with E-state index in [1.165, 1.54) is 5.56 Å². The third-order valence-corrected chi connectivity index (χ3v) is 6.15. The molecule has 4 nitrogen and oxygen atoms in total. The molecule has 0 radical (unpaired) electrons. The molecule has 0 N–H and O–H groups in total. The first-order chi connectivity index (χ1) is 15.1. The van der Waals surface area contributed by atoms with Crippen LogP contribution in [0.5, 0.6) is 0 Å². The maximum Gasteiger partial charge on any atom is 0.142 e. The quantitative estimate of drug-likeness (QED) is 0.232. The molecular weight excluding hydrogens is 426 g/mol.